The highest BCUT2D eigenvalue weighted by Gasteiger charge is 2.32. The summed E-state index contributed by atoms with van der Waals surface area (Å²) in [5.41, 5.74) is 7.68. The van der Waals surface area contributed by atoms with Gasteiger partial charge in [-0.05, 0) is 36.6 Å². The van der Waals surface area contributed by atoms with Gasteiger partial charge in [-0.1, -0.05) is 30.3 Å². The molecule has 3 rings (SSSR count). The predicted molar refractivity (Wildman–Crippen MR) is 116 cm³/mol. The molecule has 0 aliphatic carbocycles. The maximum Gasteiger partial charge on any atom is 0.573 e. The average molecular weight is 520 g/mol. The van der Waals surface area contributed by atoms with Crippen molar-refractivity contribution >= 4 is 47.2 Å². The number of aliphatic imine (C=N–C) groups is 1. The smallest absolute Gasteiger partial charge is 0.404 e. The van der Waals surface area contributed by atoms with Gasteiger partial charge in [0.05, 0.1) is 5.69 Å². The molecule has 156 valence electrons. The maximum atomic E-state index is 12.5. The minimum absolute atomic E-state index is 0. The fraction of sp³-hybridized carbons (Fsp3) is 0.263. The van der Waals surface area contributed by atoms with Crippen LogP contribution in [0, 0.1) is 0 Å². The highest BCUT2D eigenvalue weighted by molar-refractivity contribution is 14.0. The van der Waals surface area contributed by atoms with Crippen LogP contribution in [-0.4, -0.2) is 31.3 Å². The Morgan fingerprint density at radius 1 is 1.17 bits per heavy atom. The predicted octanol–water partition coefficient (Wildman–Crippen LogP) is 3.91. The number of carbonyl (C=O) groups is 1. The lowest BCUT2D eigenvalue weighted by molar-refractivity contribution is -0.274. The van der Waals surface area contributed by atoms with Crippen LogP contribution in [-0.2, 0) is 11.2 Å². The molecule has 0 unspecified atom stereocenters. The van der Waals surface area contributed by atoms with E-state index >= 15 is 0 Å². The summed E-state index contributed by atoms with van der Waals surface area (Å²) in [5.74, 6) is -0.863. The summed E-state index contributed by atoms with van der Waals surface area (Å²) < 4.78 is 41.4. The highest BCUT2D eigenvalue weighted by Crippen LogP contribution is 2.30. The molecule has 0 fully saturated rings. The number of alkyl halides is 3. The monoisotopic (exact) mass is 520 g/mol. The van der Waals surface area contributed by atoms with E-state index in [0.29, 0.717) is 6.54 Å². The molecule has 1 amide bonds. The number of fused-ring (bicyclic) bond motifs is 1. The zero-order chi connectivity index (χ0) is 20.1. The van der Waals surface area contributed by atoms with Crippen molar-refractivity contribution < 1.29 is 22.7 Å². The van der Waals surface area contributed by atoms with E-state index in [-0.39, 0.29) is 48.1 Å². The molecule has 1 aliphatic rings. The number of rotatable bonds is 4. The van der Waals surface area contributed by atoms with Gasteiger partial charge in [-0.3, -0.25) is 4.79 Å². The number of halogens is 4. The van der Waals surface area contributed by atoms with Crippen LogP contribution in [0.5, 0.6) is 5.75 Å². The Bertz CT molecular complexity index is 890. The minimum atomic E-state index is -4.83. The van der Waals surface area contributed by atoms with E-state index in [2.05, 4.69) is 15.0 Å². The van der Waals surface area contributed by atoms with Crippen LogP contribution in [0.1, 0.15) is 12.0 Å². The topological polar surface area (TPSA) is 80.0 Å². The molecule has 0 saturated carbocycles. The Morgan fingerprint density at radius 2 is 1.86 bits per heavy atom. The van der Waals surface area contributed by atoms with E-state index in [9.17, 15) is 18.0 Å². The first-order valence-electron chi connectivity index (χ1n) is 8.63. The number of benzene rings is 2. The van der Waals surface area contributed by atoms with Gasteiger partial charge in [-0.25, -0.2) is 4.99 Å². The molecule has 0 saturated heterocycles. The molecule has 0 bridgehead atoms. The molecule has 2 aromatic rings. The second kappa shape index (κ2) is 9.81. The summed E-state index contributed by atoms with van der Waals surface area (Å²) in [4.78, 5) is 18.1. The van der Waals surface area contributed by atoms with E-state index in [1.165, 1.54) is 18.2 Å². The van der Waals surface area contributed by atoms with Crippen LogP contribution in [0.4, 0.5) is 24.5 Å². The Hall–Kier alpha value is -2.50. The van der Waals surface area contributed by atoms with Crippen molar-refractivity contribution in [3.05, 3.63) is 54.1 Å². The van der Waals surface area contributed by atoms with Crippen LogP contribution in [0.15, 0.2) is 53.5 Å². The number of anilines is 2. The van der Waals surface area contributed by atoms with Crippen LogP contribution in [0.25, 0.3) is 0 Å². The van der Waals surface area contributed by atoms with E-state index in [4.69, 9.17) is 5.73 Å². The number of nitrogens with two attached hydrogens (primary N) is 1. The molecule has 0 spiro atoms. The molecule has 29 heavy (non-hydrogen) atoms. The zero-order valence-electron chi connectivity index (χ0n) is 15.3. The molecule has 10 heteroatoms. The Labute approximate surface area is 182 Å². The summed E-state index contributed by atoms with van der Waals surface area (Å²) in [6.45, 7) is 0.358. The van der Waals surface area contributed by atoms with E-state index in [1.54, 1.807) is 4.90 Å². The number of hydrogen-bond donors (Lipinski definition) is 2. The first-order chi connectivity index (χ1) is 13.3. The molecule has 6 nitrogen and oxygen atoms in total. The molecule has 1 aliphatic heterocycles. The molecule has 1 heterocycles. The fourth-order valence-electron chi connectivity index (χ4n) is 2.99. The minimum Gasteiger partial charge on any atom is -0.404 e. The Balaban J connectivity index is 0.00000300. The molecular formula is C19H20F3IN4O2. The van der Waals surface area contributed by atoms with Crippen LogP contribution < -0.4 is 20.7 Å². The molecule has 0 atom stereocenters. The number of nitrogens with one attached hydrogen (secondary N) is 1. The normalized spacial score (nSPS) is 13.9. The van der Waals surface area contributed by atoms with Gasteiger partial charge in [-0.2, -0.15) is 0 Å². The molecule has 2 aromatic carbocycles. The highest BCUT2D eigenvalue weighted by atomic mass is 127. The van der Waals surface area contributed by atoms with Crippen molar-refractivity contribution in [3.8, 4) is 5.75 Å². The average Bonchev–Trinajstić information content (AvgIpc) is 2.66. The van der Waals surface area contributed by atoms with E-state index < -0.39 is 12.1 Å². The number of carbonyl (C=O) groups excluding carboxylic acids is 1. The lowest BCUT2D eigenvalue weighted by Gasteiger charge is -2.29. The lowest BCUT2D eigenvalue weighted by atomic mass is 10.0. The standard InChI is InChI=1S/C19H19F3N4O2.HI/c20-19(21,22)28-16-10-4-2-8-14(16)25-18(23)24-12-17(27)26-11-5-7-13-6-1-3-9-15(13)26;/h1-4,6,8-10H,5,7,11-12H2,(H3,23,24,25);1H. The van der Waals surface area contributed by atoms with Gasteiger partial charge in [0.15, 0.2) is 11.7 Å². The molecule has 0 radical (unpaired) electrons. The van der Waals surface area contributed by atoms with Gasteiger partial charge in [0.1, 0.15) is 6.54 Å². The summed E-state index contributed by atoms with van der Waals surface area (Å²) in [6.07, 6.45) is -3.08. The zero-order valence-corrected chi connectivity index (χ0v) is 17.6. The molecular weight excluding hydrogens is 500 g/mol. The van der Waals surface area contributed by atoms with Gasteiger partial charge >= 0.3 is 6.36 Å². The SMILES string of the molecule is I.NC(=NCC(=O)N1CCCc2ccccc21)Nc1ccccc1OC(F)(F)F. The summed E-state index contributed by atoms with van der Waals surface area (Å²) in [5, 5.41) is 2.54. The van der Waals surface area contributed by atoms with Gasteiger partial charge in [0, 0.05) is 12.2 Å². The quantitative estimate of drug-likeness (QED) is 0.364. The van der Waals surface area contributed by atoms with Gasteiger partial charge in [0.2, 0.25) is 5.91 Å². The van der Waals surface area contributed by atoms with Crippen molar-refractivity contribution in [2.75, 3.05) is 23.3 Å². The van der Waals surface area contributed by atoms with Crippen molar-refractivity contribution in [2.24, 2.45) is 10.7 Å². The number of hydrogen-bond acceptors (Lipinski definition) is 3. The van der Waals surface area contributed by atoms with Gasteiger partial charge < -0.3 is 20.7 Å². The van der Waals surface area contributed by atoms with Crippen molar-refractivity contribution in [2.45, 2.75) is 19.2 Å². The summed E-state index contributed by atoms with van der Waals surface area (Å²) >= 11 is 0. The summed E-state index contributed by atoms with van der Waals surface area (Å²) in [7, 11) is 0. The first-order valence-corrected chi connectivity index (χ1v) is 8.63. The van der Waals surface area contributed by atoms with Crippen molar-refractivity contribution in [1.82, 2.24) is 0 Å². The number of amides is 1. The lowest BCUT2D eigenvalue weighted by Crippen LogP contribution is -2.37. The van der Waals surface area contributed by atoms with Gasteiger partial charge in [-0.15, -0.1) is 37.1 Å². The first kappa shape index (κ1) is 22.8. The Morgan fingerprint density at radius 3 is 2.62 bits per heavy atom. The largest absolute Gasteiger partial charge is 0.573 e. The summed E-state index contributed by atoms with van der Waals surface area (Å²) in [6, 6.07) is 13.1. The molecule has 3 N–H and O–H groups in total. The third-order valence-corrected chi connectivity index (χ3v) is 4.17. The third-order valence-electron chi connectivity index (χ3n) is 4.17. The van der Waals surface area contributed by atoms with Crippen LogP contribution in [0.3, 0.4) is 0 Å². The second-order valence-electron chi connectivity index (χ2n) is 6.15. The second-order valence-corrected chi connectivity index (χ2v) is 6.15. The van der Waals surface area contributed by atoms with Crippen LogP contribution >= 0.6 is 24.0 Å². The van der Waals surface area contributed by atoms with Crippen molar-refractivity contribution in [1.29, 1.82) is 0 Å². The number of aryl methyl sites for hydroxylation is 1. The van der Waals surface area contributed by atoms with Crippen molar-refractivity contribution in [3.63, 3.8) is 0 Å². The van der Waals surface area contributed by atoms with Crippen LogP contribution in [0.2, 0.25) is 0 Å². The van der Waals surface area contributed by atoms with E-state index in [0.717, 1.165) is 30.2 Å². The third kappa shape index (κ3) is 6.24. The van der Waals surface area contributed by atoms with Gasteiger partial charge in [0.25, 0.3) is 0 Å². The fourth-order valence-corrected chi connectivity index (χ4v) is 2.99. The number of guanidine groups is 1. The maximum absolute atomic E-state index is 12.5. The van der Waals surface area contributed by atoms with E-state index in [1.807, 2.05) is 24.3 Å². The number of nitrogens with zero attached hydrogens (tertiary/aromatic N) is 2. The molecule has 0 aromatic heterocycles. The number of para-hydroxylation sites is 3. The number of ether oxygens (including phenoxy) is 1. The Kier molecular flexibility index (Phi) is 7.71.